The van der Waals surface area contributed by atoms with Gasteiger partial charge in [0, 0.05) is 11.1 Å². The molecule has 2 N–H and O–H groups in total. The van der Waals surface area contributed by atoms with Gasteiger partial charge in [-0.2, -0.15) is 0 Å². The molecule has 0 amide bonds. The van der Waals surface area contributed by atoms with Crippen molar-refractivity contribution in [3.63, 3.8) is 0 Å². The van der Waals surface area contributed by atoms with Crippen molar-refractivity contribution in [2.24, 2.45) is 0 Å². The lowest BCUT2D eigenvalue weighted by molar-refractivity contribution is -0.206. The van der Waals surface area contributed by atoms with E-state index in [0.717, 1.165) is 25.7 Å². The Morgan fingerprint density at radius 1 is 1.12 bits per heavy atom. The molecule has 1 atom stereocenters. The van der Waals surface area contributed by atoms with Crippen LogP contribution in [0.3, 0.4) is 0 Å². The molecule has 1 spiro atoms. The van der Waals surface area contributed by atoms with Crippen molar-refractivity contribution in [2.75, 3.05) is 6.61 Å². The van der Waals surface area contributed by atoms with Crippen LogP contribution in [0.1, 0.15) is 36.0 Å². The van der Waals surface area contributed by atoms with Crippen LogP contribution in [0.2, 0.25) is 0 Å². The Kier molecular flexibility index (Phi) is 3.44. The quantitative estimate of drug-likeness (QED) is 0.812. The Hall–Kier alpha value is -2.24. The van der Waals surface area contributed by atoms with Crippen LogP contribution in [0.15, 0.2) is 53.8 Å². The van der Waals surface area contributed by atoms with E-state index >= 15 is 0 Å². The van der Waals surface area contributed by atoms with Gasteiger partial charge in [0.2, 0.25) is 5.78 Å². The molecule has 1 aromatic rings. The lowest BCUT2D eigenvalue weighted by Crippen LogP contribution is -2.63. The van der Waals surface area contributed by atoms with Gasteiger partial charge in [-0.15, -0.1) is 0 Å². The number of hydrogen-bond acceptors (Lipinski definition) is 5. The number of benzene rings is 1. The van der Waals surface area contributed by atoms with Crippen LogP contribution in [-0.2, 0) is 9.53 Å². The highest BCUT2D eigenvalue weighted by Crippen LogP contribution is 2.40. The average molecular weight is 325 g/mol. The number of aliphatic hydroxyl groups is 1. The van der Waals surface area contributed by atoms with E-state index in [1.807, 2.05) is 6.07 Å². The highest BCUT2D eigenvalue weighted by molar-refractivity contribution is 6.14. The third-order valence-corrected chi connectivity index (χ3v) is 5.13. The number of allylic oxidation sites excluding steroid dienone is 2. The van der Waals surface area contributed by atoms with E-state index in [2.05, 4.69) is 5.32 Å². The van der Waals surface area contributed by atoms with E-state index in [4.69, 9.17) is 4.74 Å². The number of nitrogens with one attached hydrogen (secondary N) is 1. The molecule has 24 heavy (non-hydrogen) atoms. The number of carbonyl (C=O) groups excluding carboxylic acids is 2. The predicted molar refractivity (Wildman–Crippen MR) is 87.2 cm³/mol. The lowest BCUT2D eigenvalue weighted by atomic mass is 9.86. The fourth-order valence-corrected chi connectivity index (χ4v) is 3.76. The van der Waals surface area contributed by atoms with Crippen molar-refractivity contribution >= 4 is 11.6 Å². The maximum absolute atomic E-state index is 12.9. The Morgan fingerprint density at radius 2 is 1.83 bits per heavy atom. The average Bonchev–Trinajstić information content (AvgIpc) is 3.06. The third kappa shape index (κ3) is 2.24. The molecule has 2 fully saturated rings. The normalized spacial score (nSPS) is 28.0. The molecule has 3 aliphatic rings. The van der Waals surface area contributed by atoms with Crippen molar-refractivity contribution < 1.29 is 19.4 Å². The van der Waals surface area contributed by atoms with E-state index in [0.29, 0.717) is 5.56 Å². The first-order chi connectivity index (χ1) is 11.5. The van der Waals surface area contributed by atoms with Crippen molar-refractivity contribution in [1.29, 1.82) is 0 Å². The Morgan fingerprint density at radius 3 is 2.54 bits per heavy atom. The zero-order valence-corrected chi connectivity index (χ0v) is 13.2. The minimum absolute atomic E-state index is 0.192. The fraction of sp³-hybridized carbons (Fsp3) is 0.368. The SMILES string of the molecule is O=C(C1=C2NC3(CCCC3)COC2(O)C(=O)C=C1)c1ccccc1. The molecule has 2 aliphatic carbocycles. The van der Waals surface area contributed by atoms with Crippen molar-refractivity contribution in [3.8, 4) is 0 Å². The van der Waals surface area contributed by atoms with E-state index in [1.54, 1.807) is 24.3 Å². The van der Waals surface area contributed by atoms with Crippen molar-refractivity contribution in [3.05, 3.63) is 59.3 Å². The summed E-state index contributed by atoms with van der Waals surface area (Å²) < 4.78 is 5.62. The number of hydrogen-bond donors (Lipinski definition) is 2. The second kappa shape index (κ2) is 5.40. The monoisotopic (exact) mass is 325 g/mol. The van der Waals surface area contributed by atoms with Crippen LogP contribution in [0.4, 0.5) is 0 Å². The largest absolute Gasteiger partial charge is 0.375 e. The summed E-state index contributed by atoms with van der Waals surface area (Å²) >= 11 is 0. The molecule has 1 saturated carbocycles. The molecular formula is C19H19NO4. The Balaban J connectivity index is 1.80. The standard InChI is InChI=1S/C19H19NO4/c21-15-9-8-14(16(22)13-6-2-1-3-7-13)17-19(15,23)24-12-18(20-17)10-4-5-11-18/h1-3,6-9,20,23H,4-5,10-12H2. The summed E-state index contributed by atoms with van der Waals surface area (Å²) in [6.07, 6.45) is 6.62. The lowest BCUT2D eigenvalue weighted by Gasteiger charge is -2.45. The molecule has 5 nitrogen and oxygen atoms in total. The minimum Gasteiger partial charge on any atom is -0.375 e. The number of ketones is 2. The van der Waals surface area contributed by atoms with Gasteiger partial charge in [-0.3, -0.25) is 9.59 Å². The summed E-state index contributed by atoms with van der Waals surface area (Å²) in [5, 5.41) is 14.1. The van der Waals surface area contributed by atoms with Crippen LogP contribution in [-0.4, -0.2) is 34.6 Å². The van der Waals surface area contributed by atoms with Crippen LogP contribution in [0, 0.1) is 0 Å². The van der Waals surface area contributed by atoms with Gasteiger partial charge in [0.1, 0.15) is 0 Å². The summed E-state index contributed by atoms with van der Waals surface area (Å²) in [7, 11) is 0. The van der Waals surface area contributed by atoms with E-state index in [-0.39, 0.29) is 29.2 Å². The molecule has 0 radical (unpaired) electrons. The van der Waals surface area contributed by atoms with Gasteiger partial charge in [-0.1, -0.05) is 43.2 Å². The second-order valence-corrected chi connectivity index (χ2v) is 6.73. The first-order valence-corrected chi connectivity index (χ1v) is 8.26. The molecule has 124 valence electrons. The number of rotatable bonds is 2. The molecule has 0 bridgehead atoms. The number of ether oxygens (including phenoxy) is 1. The van der Waals surface area contributed by atoms with Gasteiger partial charge in [-0.05, 0) is 25.0 Å². The number of carbonyl (C=O) groups is 2. The van der Waals surface area contributed by atoms with E-state index in [9.17, 15) is 14.7 Å². The number of morpholine rings is 1. The van der Waals surface area contributed by atoms with Gasteiger partial charge in [0.05, 0.1) is 17.8 Å². The first-order valence-electron chi connectivity index (χ1n) is 8.26. The first kappa shape index (κ1) is 15.3. The highest BCUT2D eigenvalue weighted by atomic mass is 16.6. The molecular weight excluding hydrogens is 306 g/mol. The maximum atomic E-state index is 12.9. The zero-order chi connectivity index (χ0) is 16.8. The highest BCUT2D eigenvalue weighted by Gasteiger charge is 2.53. The van der Waals surface area contributed by atoms with E-state index in [1.165, 1.54) is 12.2 Å². The van der Waals surface area contributed by atoms with Crippen LogP contribution >= 0.6 is 0 Å². The summed E-state index contributed by atoms with van der Waals surface area (Å²) in [5.74, 6) is -2.87. The molecule has 1 aromatic carbocycles. The summed E-state index contributed by atoms with van der Waals surface area (Å²) in [6, 6.07) is 8.83. The zero-order valence-electron chi connectivity index (χ0n) is 13.2. The fourth-order valence-electron chi connectivity index (χ4n) is 3.76. The molecule has 5 heteroatoms. The maximum Gasteiger partial charge on any atom is 0.273 e. The number of fused-ring (bicyclic) bond motifs is 1. The van der Waals surface area contributed by atoms with E-state index < -0.39 is 11.6 Å². The summed E-state index contributed by atoms with van der Waals surface area (Å²) in [5.41, 5.74) is 0.690. The molecule has 1 heterocycles. The molecule has 1 aliphatic heterocycles. The van der Waals surface area contributed by atoms with Crippen LogP contribution in [0.25, 0.3) is 0 Å². The smallest absolute Gasteiger partial charge is 0.273 e. The van der Waals surface area contributed by atoms with Crippen LogP contribution in [0.5, 0.6) is 0 Å². The topological polar surface area (TPSA) is 75.6 Å². The Labute approximate surface area is 140 Å². The van der Waals surface area contributed by atoms with Gasteiger partial charge in [0.25, 0.3) is 5.79 Å². The van der Waals surface area contributed by atoms with Crippen molar-refractivity contribution in [2.45, 2.75) is 37.0 Å². The third-order valence-electron chi connectivity index (χ3n) is 5.13. The van der Waals surface area contributed by atoms with Gasteiger partial charge in [-0.25, -0.2) is 0 Å². The number of Topliss-reactive ketones (excluding diaryl/α,β-unsaturated/α-hetero) is 1. The molecule has 1 saturated heterocycles. The second-order valence-electron chi connectivity index (χ2n) is 6.73. The molecule has 1 unspecified atom stereocenters. The van der Waals surface area contributed by atoms with Gasteiger partial charge >= 0.3 is 0 Å². The molecule has 0 aromatic heterocycles. The predicted octanol–water partition coefficient (Wildman–Crippen LogP) is 1.88. The summed E-state index contributed by atoms with van der Waals surface area (Å²) in [4.78, 5) is 25.1. The molecule has 4 rings (SSSR count). The Bertz CT molecular complexity index is 759. The minimum atomic E-state index is -2.08. The van der Waals surface area contributed by atoms with Gasteiger partial charge < -0.3 is 15.2 Å². The van der Waals surface area contributed by atoms with Gasteiger partial charge in [0.15, 0.2) is 5.78 Å². The van der Waals surface area contributed by atoms with Crippen LogP contribution < -0.4 is 5.32 Å². The summed E-state index contributed by atoms with van der Waals surface area (Å²) in [6.45, 7) is 0.263. The van der Waals surface area contributed by atoms with Crippen molar-refractivity contribution in [1.82, 2.24) is 5.32 Å².